The number of thiophene rings is 1. The molecule has 4 rings (SSSR count). The van der Waals surface area contributed by atoms with Crippen LogP contribution in [0.4, 0.5) is 15.5 Å². The van der Waals surface area contributed by atoms with Gasteiger partial charge in [-0.05, 0) is 24.4 Å². The third-order valence-electron chi connectivity index (χ3n) is 4.45. The van der Waals surface area contributed by atoms with Crippen LogP contribution in [0.1, 0.15) is 27.1 Å². The number of anilines is 2. The molecule has 0 bridgehead atoms. The fourth-order valence-corrected chi connectivity index (χ4v) is 4.65. The number of morpholine rings is 1. The Morgan fingerprint density at radius 1 is 1.23 bits per heavy atom. The van der Waals surface area contributed by atoms with Crippen molar-refractivity contribution < 1.29 is 23.9 Å². The van der Waals surface area contributed by atoms with Gasteiger partial charge >= 0.3 is 6.09 Å². The van der Waals surface area contributed by atoms with Gasteiger partial charge < -0.3 is 19.7 Å². The monoisotopic (exact) mass is 461 g/mol. The minimum atomic E-state index is -0.844. The second-order valence-electron chi connectivity index (χ2n) is 6.39. The lowest BCUT2D eigenvalue weighted by atomic mass is 10.3. The van der Waals surface area contributed by atoms with Crippen molar-refractivity contribution in [3.05, 3.63) is 34.3 Å². The summed E-state index contributed by atoms with van der Waals surface area (Å²) in [5, 5.41) is 7.01. The molecule has 12 heteroatoms. The van der Waals surface area contributed by atoms with Crippen LogP contribution in [0.25, 0.3) is 10.3 Å². The third kappa shape index (κ3) is 4.65. The van der Waals surface area contributed by atoms with Gasteiger partial charge in [0.05, 0.1) is 31.1 Å². The highest BCUT2D eigenvalue weighted by Gasteiger charge is 2.22. The molecule has 1 saturated heterocycles. The lowest BCUT2D eigenvalue weighted by molar-refractivity contribution is 0.0926. The van der Waals surface area contributed by atoms with Gasteiger partial charge in [-0.1, -0.05) is 11.3 Å². The number of rotatable bonds is 5. The first-order valence-corrected chi connectivity index (χ1v) is 11.2. The summed E-state index contributed by atoms with van der Waals surface area (Å²) < 4.78 is 10.1. The van der Waals surface area contributed by atoms with Crippen molar-refractivity contribution in [2.75, 3.05) is 43.1 Å². The van der Waals surface area contributed by atoms with E-state index >= 15 is 0 Å². The molecule has 0 saturated carbocycles. The van der Waals surface area contributed by atoms with E-state index in [1.54, 1.807) is 18.5 Å². The van der Waals surface area contributed by atoms with Gasteiger partial charge in [0, 0.05) is 19.3 Å². The minimum absolute atomic E-state index is 0.143. The third-order valence-corrected chi connectivity index (χ3v) is 6.24. The molecule has 4 heterocycles. The van der Waals surface area contributed by atoms with Crippen LogP contribution in [0.15, 0.2) is 23.7 Å². The van der Waals surface area contributed by atoms with Gasteiger partial charge in [-0.3, -0.25) is 14.9 Å². The number of fused-ring (bicyclic) bond motifs is 1. The van der Waals surface area contributed by atoms with E-state index in [2.05, 4.69) is 25.5 Å². The first kappa shape index (κ1) is 21.2. The summed E-state index contributed by atoms with van der Waals surface area (Å²) in [6.45, 7) is 4.54. The van der Waals surface area contributed by atoms with Gasteiger partial charge in [-0.15, -0.1) is 11.3 Å². The second kappa shape index (κ2) is 9.37. The molecule has 3 aromatic rings. The van der Waals surface area contributed by atoms with Crippen LogP contribution in [0.2, 0.25) is 0 Å². The van der Waals surface area contributed by atoms with E-state index in [0.29, 0.717) is 28.6 Å². The van der Waals surface area contributed by atoms with Crippen molar-refractivity contribution in [1.82, 2.24) is 15.3 Å². The Morgan fingerprint density at radius 2 is 2.03 bits per heavy atom. The average Bonchev–Trinajstić information content (AvgIpc) is 3.41. The van der Waals surface area contributed by atoms with Gasteiger partial charge in [-0.25, -0.2) is 14.8 Å². The maximum Gasteiger partial charge on any atom is 0.414 e. The van der Waals surface area contributed by atoms with Crippen molar-refractivity contribution in [2.45, 2.75) is 6.92 Å². The van der Waals surface area contributed by atoms with E-state index in [1.807, 2.05) is 6.07 Å². The molecule has 0 aliphatic carbocycles. The van der Waals surface area contributed by atoms with Crippen LogP contribution in [0.3, 0.4) is 0 Å². The fraction of sp³-hybridized carbons (Fsp3) is 0.316. The highest BCUT2D eigenvalue weighted by atomic mass is 32.1. The summed E-state index contributed by atoms with van der Waals surface area (Å²) in [4.78, 5) is 48.3. The molecule has 0 unspecified atom stereocenters. The number of aromatic nitrogens is 2. The number of carbonyl (C=O) groups excluding carboxylic acids is 3. The molecular formula is C19H19N5O5S2. The van der Waals surface area contributed by atoms with Crippen molar-refractivity contribution in [3.63, 3.8) is 0 Å². The van der Waals surface area contributed by atoms with Crippen molar-refractivity contribution in [3.8, 4) is 0 Å². The molecule has 0 radical (unpaired) electrons. The molecule has 1 aliphatic heterocycles. The quantitative estimate of drug-likeness (QED) is 0.595. The summed E-state index contributed by atoms with van der Waals surface area (Å²) >= 11 is 2.34. The molecule has 31 heavy (non-hydrogen) atoms. The SMILES string of the molecule is CCOC(=O)NC(=O)c1ccsc1NC(=O)c1nc2c(N3CCOCC3)ccnc2s1. The Kier molecular flexibility index (Phi) is 6.39. The highest BCUT2D eigenvalue weighted by molar-refractivity contribution is 7.20. The molecule has 3 amide bonds. The number of hydrogen-bond acceptors (Lipinski definition) is 10. The largest absolute Gasteiger partial charge is 0.450 e. The predicted molar refractivity (Wildman–Crippen MR) is 117 cm³/mol. The van der Waals surface area contributed by atoms with Crippen LogP contribution < -0.4 is 15.5 Å². The van der Waals surface area contributed by atoms with E-state index in [9.17, 15) is 14.4 Å². The van der Waals surface area contributed by atoms with Crippen molar-refractivity contribution in [1.29, 1.82) is 0 Å². The Hall–Kier alpha value is -3.09. The van der Waals surface area contributed by atoms with E-state index in [1.165, 1.54) is 28.7 Å². The molecule has 1 fully saturated rings. The van der Waals surface area contributed by atoms with Gasteiger partial charge in [0.2, 0.25) is 0 Å². The summed E-state index contributed by atoms with van der Waals surface area (Å²) in [6.07, 6.45) is 0.855. The van der Waals surface area contributed by atoms with Crippen LogP contribution in [-0.2, 0) is 9.47 Å². The second-order valence-corrected chi connectivity index (χ2v) is 8.29. The molecule has 1 aliphatic rings. The fourth-order valence-electron chi connectivity index (χ4n) is 3.05. The Labute approximate surface area is 185 Å². The van der Waals surface area contributed by atoms with E-state index in [4.69, 9.17) is 9.47 Å². The van der Waals surface area contributed by atoms with Crippen LogP contribution in [0.5, 0.6) is 0 Å². The van der Waals surface area contributed by atoms with E-state index in [-0.39, 0.29) is 17.2 Å². The molecule has 0 atom stereocenters. The lowest BCUT2D eigenvalue weighted by Gasteiger charge is -2.28. The normalized spacial score (nSPS) is 13.8. The van der Waals surface area contributed by atoms with Crippen LogP contribution in [-0.4, -0.2) is 60.8 Å². The van der Waals surface area contributed by atoms with Gasteiger partial charge in [0.25, 0.3) is 11.8 Å². The average molecular weight is 462 g/mol. The van der Waals surface area contributed by atoms with Gasteiger partial charge in [-0.2, -0.15) is 0 Å². The van der Waals surface area contributed by atoms with E-state index in [0.717, 1.165) is 18.8 Å². The number of carbonyl (C=O) groups is 3. The zero-order valence-corrected chi connectivity index (χ0v) is 18.2. The lowest BCUT2D eigenvalue weighted by Crippen LogP contribution is -2.36. The minimum Gasteiger partial charge on any atom is -0.450 e. The van der Waals surface area contributed by atoms with Crippen LogP contribution in [0, 0.1) is 0 Å². The number of imide groups is 1. The number of hydrogen-bond donors (Lipinski definition) is 2. The Morgan fingerprint density at radius 3 is 2.81 bits per heavy atom. The summed E-state index contributed by atoms with van der Waals surface area (Å²) in [7, 11) is 0. The number of nitrogens with zero attached hydrogens (tertiary/aromatic N) is 3. The number of amides is 3. The summed E-state index contributed by atoms with van der Waals surface area (Å²) in [5.41, 5.74) is 1.74. The van der Waals surface area contributed by atoms with Crippen molar-refractivity contribution >= 4 is 61.6 Å². The maximum absolute atomic E-state index is 12.8. The molecule has 10 nitrogen and oxygen atoms in total. The number of ether oxygens (including phenoxy) is 2. The predicted octanol–water partition coefficient (Wildman–Crippen LogP) is 2.73. The number of nitrogens with one attached hydrogen (secondary N) is 2. The molecule has 2 N–H and O–H groups in total. The topological polar surface area (TPSA) is 123 Å². The molecule has 0 spiro atoms. The Bertz CT molecular complexity index is 1120. The summed E-state index contributed by atoms with van der Waals surface area (Å²) in [6, 6.07) is 3.40. The van der Waals surface area contributed by atoms with Gasteiger partial charge in [0.1, 0.15) is 15.3 Å². The van der Waals surface area contributed by atoms with Crippen molar-refractivity contribution in [2.24, 2.45) is 0 Å². The van der Waals surface area contributed by atoms with Crippen LogP contribution >= 0.6 is 22.7 Å². The standard InChI is InChI=1S/C19H19N5O5S2/c1-2-29-19(27)23-14(25)11-4-10-30-16(11)22-15(26)18-21-13-12(3-5-20-17(13)31-18)24-6-8-28-9-7-24/h3-5,10H,2,6-9H2,1H3,(H,22,26)(H,23,25,27). The first-order valence-electron chi connectivity index (χ1n) is 9.52. The molecule has 3 aromatic heterocycles. The zero-order valence-electron chi connectivity index (χ0n) is 16.5. The molecule has 0 aromatic carbocycles. The highest BCUT2D eigenvalue weighted by Crippen LogP contribution is 2.30. The maximum atomic E-state index is 12.8. The summed E-state index contributed by atoms with van der Waals surface area (Å²) in [5.74, 6) is -1.11. The Balaban J connectivity index is 1.53. The first-order chi connectivity index (χ1) is 15.1. The number of pyridine rings is 1. The van der Waals surface area contributed by atoms with E-state index < -0.39 is 17.9 Å². The zero-order chi connectivity index (χ0) is 21.8. The molecule has 162 valence electrons. The number of thiazole rings is 1. The molecular weight excluding hydrogens is 442 g/mol. The van der Waals surface area contributed by atoms with Gasteiger partial charge in [0.15, 0.2) is 5.01 Å². The smallest absolute Gasteiger partial charge is 0.414 e. The number of alkyl carbamates (subject to hydrolysis) is 1.